The van der Waals surface area contributed by atoms with Gasteiger partial charge in [-0.05, 0) is 29.7 Å². The molecule has 2 aromatic carbocycles. The molecule has 0 radical (unpaired) electrons. The molecule has 1 heterocycles. The molecule has 0 saturated carbocycles. The van der Waals surface area contributed by atoms with Crippen LogP contribution in [0.15, 0.2) is 54.6 Å². The fourth-order valence-corrected chi connectivity index (χ4v) is 3.32. The zero-order chi connectivity index (χ0) is 19.0. The summed E-state index contributed by atoms with van der Waals surface area (Å²) >= 11 is 0. The van der Waals surface area contributed by atoms with Gasteiger partial charge in [0.25, 0.3) is 0 Å². The first kappa shape index (κ1) is 20.1. The molecule has 3 heteroatoms. The molecule has 2 nitrogen and oxygen atoms in total. The summed E-state index contributed by atoms with van der Waals surface area (Å²) in [6.07, 6.45) is 0.104. The monoisotopic (exact) mass is 352 g/mol. The quantitative estimate of drug-likeness (QED) is 0.691. The number of nitriles is 1. The van der Waals surface area contributed by atoms with Crippen LogP contribution in [0.5, 0.6) is 0 Å². The van der Waals surface area contributed by atoms with Gasteiger partial charge in [0.05, 0.1) is 6.07 Å². The molecular formula is C23H29FN2. The molecule has 1 aliphatic rings. The molecule has 2 unspecified atom stereocenters. The van der Waals surface area contributed by atoms with Gasteiger partial charge >= 0.3 is 0 Å². The molecule has 0 amide bonds. The van der Waals surface area contributed by atoms with Gasteiger partial charge in [0, 0.05) is 24.9 Å². The average molecular weight is 352 g/mol. The predicted octanol–water partition coefficient (Wildman–Crippen LogP) is 5.84. The van der Waals surface area contributed by atoms with Crippen molar-refractivity contribution in [3.8, 4) is 17.2 Å². The van der Waals surface area contributed by atoms with Gasteiger partial charge < -0.3 is 0 Å². The highest BCUT2D eigenvalue weighted by Crippen LogP contribution is 2.36. The molecule has 0 aliphatic carbocycles. The number of benzene rings is 2. The van der Waals surface area contributed by atoms with Crippen LogP contribution in [-0.4, -0.2) is 24.2 Å². The Bertz CT molecular complexity index is 705. The van der Waals surface area contributed by atoms with E-state index in [0.29, 0.717) is 13.0 Å². The molecular weight excluding hydrogens is 323 g/mol. The maximum atomic E-state index is 14.5. The molecule has 0 aromatic heterocycles. The number of rotatable bonds is 4. The van der Waals surface area contributed by atoms with Gasteiger partial charge in [0.15, 0.2) is 0 Å². The molecule has 2 aromatic rings. The van der Waals surface area contributed by atoms with Gasteiger partial charge in [-0.2, -0.15) is 5.26 Å². The van der Waals surface area contributed by atoms with Crippen LogP contribution in [0.4, 0.5) is 4.39 Å². The fourth-order valence-electron chi connectivity index (χ4n) is 3.32. The SMILES string of the molecule is CC.CC1(CC#N)CCN(Cc2ccc(-c3ccccc3)cc2)CC1F. The highest BCUT2D eigenvalue weighted by atomic mass is 19.1. The van der Waals surface area contributed by atoms with Crippen LogP contribution in [0.3, 0.4) is 0 Å². The van der Waals surface area contributed by atoms with E-state index in [1.54, 1.807) is 0 Å². The molecule has 1 saturated heterocycles. The second-order valence-corrected chi connectivity index (χ2v) is 7.00. The van der Waals surface area contributed by atoms with E-state index >= 15 is 0 Å². The minimum absolute atomic E-state index is 0.299. The second kappa shape index (κ2) is 9.50. The third kappa shape index (κ3) is 4.93. The Labute approximate surface area is 157 Å². The second-order valence-electron chi connectivity index (χ2n) is 7.00. The lowest BCUT2D eigenvalue weighted by Crippen LogP contribution is -2.47. The van der Waals surface area contributed by atoms with E-state index in [2.05, 4.69) is 47.4 Å². The third-order valence-corrected chi connectivity index (χ3v) is 5.12. The molecule has 3 rings (SSSR count). The van der Waals surface area contributed by atoms with E-state index in [0.717, 1.165) is 19.5 Å². The van der Waals surface area contributed by atoms with Gasteiger partial charge in [0.2, 0.25) is 0 Å². The first-order valence-electron chi connectivity index (χ1n) is 9.48. The lowest BCUT2D eigenvalue weighted by Gasteiger charge is -2.41. The number of nitrogens with zero attached hydrogens (tertiary/aromatic N) is 2. The Hall–Kier alpha value is -2.18. The summed E-state index contributed by atoms with van der Waals surface area (Å²) in [5.41, 5.74) is 3.12. The zero-order valence-electron chi connectivity index (χ0n) is 16.1. The topological polar surface area (TPSA) is 27.0 Å². The number of halogens is 1. The Balaban J connectivity index is 0.00000117. The third-order valence-electron chi connectivity index (χ3n) is 5.12. The van der Waals surface area contributed by atoms with Gasteiger partial charge in [-0.25, -0.2) is 4.39 Å². The first-order chi connectivity index (χ1) is 12.6. The first-order valence-corrected chi connectivity index (χ1v) is 9.48. The van der Waals surface area contributed by atoms with Crippen LogP contribution < -0.4 is 0 Å². The van der Waals surface area contributed by atoms with E-state index in [1.807, 2.05) is 39.0 Å². The van der Waals surface area contributed by atoms with Crippen molar-refractivity contribution in [3.63, 3.8) is 0 Å². The summed E-state index contributed by atoms with van der Waals surface area (Å²) in [5.74, 6) is 0. The number of hydrogen-bond donors (Lipinski definition) is 0. The summed E-state index contributed by atoms with van der Waals surface area (Å²) in [4.78, 5) is 2.15. The standard InChI is InChI=1S/C21H23FN2.C2H6/c1-21(11-13-23)12-14-24(16-20(21)22)15-17-7-9-19(10-8-17)18-5-3-2-4-6-18;1-2/h2-10,20H,11-12,14-16H2,1H3;1-2H3. The molecule has 0 N–H and O–H groups in total. The Kier molecular flexibility index (Phi) is 7.36. The maximum absolute atomic E-state index is 14.5. The van der Waals surface area contributed by atoms with E-state index in [4.69, 9.17) is 5.26 Å². The lowest BCUT2D eigenvalue weighted by atomic mass is 9.76. The fraction of sp³-hybridized carbons (Fsp3) is 0.435. The minimum atomic E-state index is -0.936. The van der Waals surface area contributed by atoms with E-state index in [1.165, 1.54) is 16.7 Å². The van der Waals surface area contributed by atoms with Crippen LogP contribution in [-0.2, 0) is 6.54 Å². The molecule has 26 heavy (non-hydrogen) atoms. The highest BCUT2D eigenvalue weighted by molar-refractivity contribution is 5.63. The zero-order valence-corrected chi connectivity index (χ0v) is 16.1. The van der Waals surface area contributed by atoms with Crippen molar-refractivity contribution >= 4 is 0 Å². The highest BCUT2D eigenvalue weighted by Gasteiger charge is 2.39. The van der Waals surface area contributed by atoms with Crippen LogP contribution in [0, 0.1) is 16.7 Å². The molecule has 1 aliphatic heterocycles. The smallest absolute Gasteiger partial charge is 0.119 e. The summed E-state index contributed by atoms with van der Waals surface area (Å²) in [6.45, 7) is 7.92. The molecule has 2 atom stereocenters. The Morgan fingerprint density at radius 1 is 1.08 bits per heavy atom. The predicted molar refractivity (Wildman–Crippen MR) is 106 cm³/mol. The van der Waals surface area contributed by atoms with Crippen molar-refractivity contribution in [2.45, 2.75) is 46.3 Å². The van der Waals surface area contributed by atoms with Crippen molar-refractivity contribution in [2.24, 2.45) is 5.41 Å². The average Bonchev–Trinajstić information content (AvgIpc) is 2.68. The van der Waals surface area contributed by atoms with Crippen LogP contribution in [0.2, 0.25) is 0 Å². The normalized spacial score (nSPS) is 22.8. The molecule has 1 fully saturated rings. The lowest BCUT2D eigenvalue weighted by molar-refractivity contribution is 0.0186. The van der Waals surface area contributed by atoms with Crippen LogP contribution >= 0.6 is 0 Å². The number of alkyl halides is 1. The van der Waals surface area contributed by atoms with E-state index < -0.39 is 11.6 Å². The van der Waals surface area contributed by atoms with Gasteiger partial charge in [-0.1, -0.05) is 75.4 Å². The molecule has 0 bridgehead atoms. The van der Waals surface area contributed by atoms with E-state index in [-0.39, 0.29) is 0 Å². The van der Waals surface area contributed by atoms with Crippen LogP contribution in [0.25, 0.3) is 11.1 Å². The summed E-state index contributed by atoms with van der Waals surface area (Å²) in [5, 5.41) is 8.89. The molecule has 0 spiro atoms. The Morgan fingerprint density at radius 2 is 1.69 bits per heavy atom. The minimum Gasteiger partial charge on any atom is -0.296 e. The van der Waals surface area contributed by atoms with Crippen molar-refractivity contribution in [2.75, 3.05) is 13.1 Å². The number of hydrogen-bond acceptors (Lipinski definition) is 2. The summed E-state index contributed by atoms with van der Waals surface area (Å²) < 4.78 is 14.5. The maximum Gasteiger partial charge on any atom is 0.119 e. The van der Waals surface area contributed by atoms with Crippen molar-refractivity contribution in [3.05, 3.63) is 60.2 Å². The van der Waals surface area contributed by atoms with Gasteiger partial charge in [0.1, 0.15) is 6.17 Å². The van der Waals surface area contributed by atoms with Crippen molar-refractivity contribution in [1.29, 1.82) is 5.26 Å². The van der Waals surface area contributed by atoms with Gasteiger partial charge in [-0.15, -0.1) is 0 Å². The number of piperidine rings is 1. The Morgan fingerprint density at radius 3 is 2.27 bits per heavy atom. The van der Waals surface area contributed by atoms with Gasteiger partial charge in [-0.3, -0.25) is 4.90 Å². The number of likely N-dealkylation sites (tertiary alicyclic amines) is 1. The largest absolute Gasteiger partial charge is 0.296 e. The summed E-state index contributed by atoms with van der Waals surface area (Å²) in [6, 6.07) is 20.9. The van der Waals surface area contributed by atoms with Crippen molar-refractivity contribution < 1.29 is 4.39 Å². The summed E-state index contributed by atoms with van der Waals surface area (Å²) in [7, 11) is 0. The molecule has 138 valence electrons. The van der Waals surface area contributed by atoms with E-state index in [9.17, 15) is 4.39 Å². The van der Waals surface area contributed by atoms with Crippen LogP contribution in [0.1, 0.15) is 39.2 Å². The van der Waals surface area contributed by atoms with Crippen molar-refractivity contribution in [1.82, 2.24) is 4.90 Å².